The number of carbonyl (C=O) groups is 1. The molecule has 3 heterocycles. The molecule has 0 radical (unpaired) electrons. The van der Waals surface area contributed by atoms with E-state index in [1.807, 2.05) is 43.0 Å². The van der Waals surface area contributed by atoms with Gasteiger partial charge < -0.3 is 10.0 Å². The minimum atomic E-state index is -1.51. The molecule has 6 heteroatoms. The number of benzene rings is 1. The third-order valence-electron chi connectivity index (χ3n) is 4.62. The molecule has 2 aliphatic heterocycles. The average molecular weight is 391 g/mol. The summed E-state index contributed by atoms with van der Waals surface area (Å²) >= 11 is 4.98. The number of amidine groups is 1. The van der Waals surface area contributed by atoms with Gasteiger partial charge in [0.05, 0.1) is 5.56 Å². The molecule has 2 aliphatic rings. The Kier molecular flexibility index (Phi) is 3.27. The topological polar surface area (TPSA) is 52.9 Å². The van der Waals surface area contributed by atoms with Crippen LogP contribution in [-0.4, -0.2) is 28.9 Å². The average Bonchev–Trinajstić information content (AvgIpc) is 2.99. The highest BCUT2D eigenvalue weighted by Gasteiger charge is 2.53. The maximum Gasteiger partial charge on any atom is 0.205 e. The van der Waals surface area contributed by atoms with Crippen LogP contribution in [0.15, 0.2) is 33.7 Å². The van der Waals surface area contributed by atoms with Crippen LogP contribution in [0.1, 0.15) is 27.2 Å². The fourth-order valence-electron chi connectivity index (χ4n) is 3.24. The first-order chi connectivity index (χ1) is 10.9. The molecule has 4 nitrogen and oxygen atoms in total. The van der Waals surface area contributed by atoms with Crippen molar-refractivity contribution in [2.75, 3.05) is 11.4 Å². The number of aliphatic imine (C=N–C) groups is 1. The summed E-state index contributed by atoms with van der Waals surface area (Å²) in [6.07, 6.45) is 0.366. The van der Waals surface area contributed by atoms with Crippen LogP contribution in [0.3, 0.4) is 0 Å². The van der Waals surface area contributed by atoms with Crippen molar-refractivity contribution in [1.29, 1.82) is 0 Å². The van der Waals surface area contributed by atoms with E-state index < -0.39 is 5.60 Å². The summed E-state index contributed by atoms with van der Waals surface area (Å²) in [4.78, 5) is 20.6. The number of ketones is 1. The maximum absolute atomic E-state index is 12.9. The first-order valence-corrected chi connectivity index (χ1v) is 9.02. The standard InChI is InChI=1S/C17H15BrN2O2S/c1-9-10(2)23-15-13(9)14(21)17(22)6-7-20(16(17)19-15)12-5-3-4-11(18)8-12/h3-5,8,22H,6-7H2,1-2H3/t17-/m1/s1. The van der Waals surface area contributed by atoms with E-state index in [9.17, 15) is 9.90 Å². The van der Waals surface area contributed by atoms with Gasteiger partial charge in [-0.05, 0) is 37.6 Å². The number of rotatable bonds is 1. The summed E-state index contributed by atoms with van der Waals surface area (Å²) in [6.45, 7) is 4.48. The highest BCUT2D eigenvalue weighted by molar-refractivity contribution is 9.10. The van der Waals surface area contributed by atoms with Gasteiger partial charge in [-0.25, -0.2) is 4.99 Å². The number of anilines is 1. The Hall–Kier alpha value is -1.50. The van der Waals surface area contributed by atoms with Crippen LogP contribution in [0.4, 0.5) is 10.7 Å². The summed E-state index contributed by atoms with van der Waals surface area (Å²) in [5, 5.41) is 11.7. The summed E-state index contributed by atoms with van der Waals surface area (Å²) in [5.41, 5.74) is 0.949. The van der Waals surface area contributed by atoms with Crippen molar-refractivity contribution >= 4 is 49.6 Å². The Morgan fingerprint density at radius 1 is 1.39 bits per heavy atom. The number of thiophene rings is 1. The largest absolute Gasteiger partial charge is 0.374 e. The number of fused-ring (bicyclic) bond motifs is 2. The van der Waals surface area contributed by atoms with Gasteiger partial charge in [0.25, 0.3) is 0 Å². The van der Waals surface area contributed by atoms with Gasteiger partial charge in [0.1, 0.15) is 5.00 Å². The molecule has 1 aromatic heterocycles. The number of hydrogen-bond donors (Lipinski definition) is 1. The Bertz CT molecular complexity index is 873. The molecule has 0 spiro atoms. The van der Waals surface area contributed by atoms with Crippen LogP contribution in [0.5, 0.6) is 0 Å². The number of Topliss-reactive ketones (excluding diaryl/α,β-unsaturated/α-hetero) is 1. The highest BCUT2D eigenvalue weighted by Crippen LogP contribution is 2.45. The van der Waals surface area contributed by atoms with E-state index in [0.717, 1.165) is 20.6 Å². The van der Waals surface area contributed by atoms with Crippen molar-refractivity contribution in [3.05, 3.63) is 44.7 Å². The second-order valence-electron chi connectivity index (χ2n) is 5.97. The van der Waals surface area contributed by atoms with Crippen LogP contribution >= 0.6 is 27.3 Å². The molecule has 1 aromatic carbocycles. The predicted molar refractivity (Wildman–Crippen MR) is 96.3 cm³/mol. The van der Waals surface area contributed by atoms with Crippen LogP contribution in [0, 0.1) is 13.8 Å². The van der Waals surface area contributed by atoms with Gasteiger partial charge in [-0.2, -0.15) is 0 Å². The summed E-state index contributed by atoms with van der Waals surface area (Å²) in [7, 11) is 0. The molecule has 0 unspecified atom stereocenters. The van der Waals surface area contributed by atoms with E-state index in [1.165, 1.54) is 11.3 Å². The van der Waals surface area contributed by atoms with Crippen molar-refractivity contribution < 1.29 is 9.90 Å². The Morgan fingerprint density at radius 3 is 2.91 bits per heavy atom. The van der Waals surface area contributed by atoms with E-state index in [4.69, 9.17) is 0 Å². The molecule has 118 valence electrons. The van der Waals surface area contributed by atoms with E-state index >= 15 is 0 Å². The zero-order chi connectivity index (χ0) is 16.4. The number of carbonyl (C=O) groups excluding carboxylic acids is 1. The van der Waals surface area contributed by atoms with Crippen molar-refractivity contribution in [3.63, 3.8) is 0 Å². The first-order valence-electron chi connectivity index (χ1n) is 7.41. The molecule has 0 aliphatic carbocycles. The van der Waals surface area contributed by atoms with Gasteiger partial charge in [0.15, 0.2) is 11.4 Å². The van der Waals surface area contributed by atoms with E-state index in [2.05, 4.69) is 20.9 Å². The fourth-order valence-corrected chi connectivity index (χ4v) is 4.65. The lowest BCUT2D eigenvalue weighted by atomic mass is 9.88. The number of aliphatic hydroxyl groups is 1. The molecular formula is C17H15BrN2O2S. The quantitative estimate of drug-likeness (QED) is 0.800. The third-order valence-corrected chi connectivity index (χ3v) is 6.21. The molecule has 4 rings (SSSR count). The fraction of sp³-hybridized carbons (Fsp3) is 0.294. The van der Waals surface area contributed by atoms with Crippen molar-refractivity contribution in [2.45, 2.75) is 25.9 Å². The summed E-state index contributed by atoms with van der Waals surface area (Å²) in [5.74, 6) is 0.242. The Morgan fingerprint density at radius 2 is 2.17 bits per heavy atom. The summed E-state index contributed by atoms with van der Waals surface area (Å²) < 4.78 is 0.955. The van der Waals surface area contributed by atoms with Crippen LogP contribution < -0.4 is 4.90 Å². The second-order valence-corrected chi connectivity index (χ2v) is 8.09. The van der Waals surface area contributed by atoms with Gasteiger partial charge in [-0.1, -0.05) is 22.0 Å². The SMILES string of the molecule is Cc1sc2c(c1C)C(=O)[C@]1(O)CCN(c3cccc(Br)c3)C1=N2. The normalized spacial score (nSPS) is 22.9. The molecule has 0 amide bonds. The van der Waals surface area contributed by atoms with Gasteiger partial charge in [-0.3, -0.25) is 4.79 Å². The van der Waals surface area contributed by atoms with Crippen molar-refractivity contribution in [1.82, 2.24) is 0 Å². The first kappa shape index (κ1) is 15.1. The maximum atomic E-state index is 12.9. The zero-order valence-corrected chi connectivity index (χ0v) is 15.2. The van der Waals surface area contributed by atoms with Gasteiger partial charge in [0, 0.05) is 28.0 Å². The lowest BCUT2D eigenvalue weighted by Gasteiger charge is -2.28. The number of aryl methyl sites for hydroxylation is 1. The van der Waals surface area contributed by atoms with Gasteiger partial charge in [-0.15, -0.1) is 11.3 Å². The number of nitrogens with zero attached hydrogens (tertiary/aromatic N) is 2. The minimum absolute atomic E-state index is 0.211. The lowest BCUT2D eigenvalue weighted by molar-refractivity contribution is 0.0602. The van der Waals surface area contributed by atoms with Crippen LogP contribution in [-0.2, 0) is 0 Å². The monoisotopic (exact) mass is 390 g/mol. The second kappa shape index (κ2) is 5.00. The highest BCUT2D eigenvalue weighted by atomic mass is 79.9. The molecule has 1 N–H and O–H groups in total. The lowest BCUT2D eigenvalue weighted by Crippen LogP contribution is -2.48. The van der Waals surface area contributed by atoms with E-state index in [-0.39, 0.29) is 5.78 Å². The van der Waals surface area contributed by atoms with E-state index in [1.54, 1.807) is 0 Å². The van der Waals surface area contributed by atoms with Gasteiger partial charge in [0.2, 0.25) is 5.78 Å². The molecule has 0 saturated carbocycles. The molecule has 1 saturated heterocycles. The van der Waals surface area contributed by atoms with Crippen LogP contribution in [0.2, 0.25) is 0 Å². The number of hydrogen-bond acceptors (Lipinski definition) is 5. The molecule has 23 heavy (non-hydrogen) atoms. The molecular weight excluding hydrogens is 376 g/mol. The van der Waals surface area contributed by atoms with Gasteiger partial charge >= 0.3 is 0 Å². The molecule has 2 aromatic rings. The number of halogens is 1. The smallest absolute Gasteiger partial charge is 0.205 e. The third kappa shape index (κ3) is 2.05. The molecule has 0 bridgehead atoms. The van der Waals surface area contributed by atoms with Crippen molar-refractivity contribution in [3.8, 4) is 0 Å². The predicted octanol–water partition coefficient (Wildman–Crippen LogP) is 4.00. The summed E-state index contributed by atoms with van der Waals surface area (Å²) in [6, 6.07) is 7.82. The Balaban J connectivity index is 1.89. The molecule has 1 fully saturated rings. The Labute approximate surface area is 146 Å². The van der Waals surface area contributed by atoms with Crippen molar-refractivity contribution in [2.24, 2.45) is 4.99 Å². The van der Waals surface area contributed by atoms with Crippen LogP contribution in [0.25, 0.3) is 0 Å². The zero-order valence-electron chi connectivity index (χ0n) is 12.8. The molecule has 1 atom stereocenters. The minimum Gasteiger partial charge on any atom is -0.374 e. The van der Waals surface area contributed by atoms with E-state index in [0.29, 0.717) is 29.4 Å².